The molecule has 0 saturated carbocycles. The Morgan fingerprint density at radius 1 is 1.15 bits per heavy atom. The maximum atomic E-state index is 13.1. The fourth-order valence-corrected chi connectivity index (χ4v) is 4.91. The van der Waals surface area contributed by atoms with Crippen molar-refractivity contribution >= 4 is 15.9 Å². The zero-order chi connectivity index (χ0) is 19.9. The molecule has 1 aromatic rings. The second-order valence-corrected chi connectivity index (χ2v) is 8.86. The predicted molar refractivity (Wildman–Crippen MR) is 107 cm³/mol. The summed E-state index contributed by atoms with van der Waals surface area (Å²) < 4.78 is 33.1. The van der Waals surface area contributed by atoms with Crippen LogP contribution in [0.2, 0.25) is 0 Å². The number of carbonyl (C=O) groups excluding carboxylic acids is 1. The van der Waals surface area contributed by atoms with E-state index in [9.17, 15) is 13.2 Å². The number of hydrogen-bond donors (Lipinski definition) is 0. The van der Waals surface area contributed by atoms with Gasteiger partial charge in [-0.1, -0.05) is 26.2 Å². The van der Waals surface area contributed by atoms with Crippen molar-refractivity contribution in [1.29, 1.82) is 0 Å². The van der Waals surface area contributed by atoms with E-state index in [-0.39, 0.29) is 10.8 Å². The van der Waals surface area contributed by atoms with Crippen molar-refractivity contribution in [2.75, 3.05) is 33.3 Å². The lowest BCUT2D eigenvalue weighted by Gasteiger charge is -2.23. The van der Waals surface area contributed by atoms with Gasteiger partial charge in [-0.2, -0.15) is 4.31 Å². The average Bonchev–Trinajstić information content (AvgIpc) is 2.98. The number of sulfonamides is 1. The molecule has 6 nitrogen and oxygen atoms in total. The Morgan fingerprint density at radius 3 is 2.37 bits per heavy atom. The minimum atomic E-state index is -3.61. The first kappa shape index (κ1) is 21.7. The second kappa shape index (κ2) is 10.1. The topological polar surface area (TPSA) is 66.9 Å². The molecular formula is C20H32N2O4S. The highest BCUT2D eigenvalue weighted by atomic mass is 32.2. The van der Waals surface area contributed by atoms with Crippen molar-refractivity contribution in [2.24, 2.45) is 0 Å². The molecule has 0 aromatic heterocycles. The number of benzene rings is 1. The molecule has 7 heteroatoms. The van der Waals surface area contributed by atoms with Crippen molar-refractivity contribution in [3.8, 4) is 5.75 Å². The Bertz CT molecular complexity index is 725. The van der Waals surface area contributed by atoms with Crippen LogP contribution in [0.15, 0.2) is 23.1 Å². The Kier molecular flexibility index (Phi) is 8.10. The molecule has 0 N–H and O–H groups in total. The molecule has 0 atom stereocenters. The van der Waals surface area contributed by atoms with Gasteiger partial charge in [-0.25, -0.2) is 8.42 Å². The quantitative estimate of drug-likeness (QED) is 0.674. The molecule has 1 heterocycles. The van der Waals surface area contributed by atoms with E-state index in [0.29, 0.717) is 37.5 Å². The van der Waals surface area contributed by atoms with Crippen LogP contribution in [0.4, 0.5) is 0 Å². The van der Waals surface area contributed by atoms with Gasteiger partial charge in [-0.05, 0) is 44.4 Å². The molecule has 1 aromatic carbocycles. The minimum absolute atomic E-state index is 0.167. The van der Waals surface area contributed by atoms with E-state index >= 15 is 0 Å². The molecule has 0 spiro atoms. The number of methoxy groups -OCH3 is 1. The molecule has 1 amide bonds. The van der Waals surface area contributed by atoms with Crippen molar-refractivity contribution in [1.82, 2.24) is 9.21 Å². The highest BCUT2D eigenvalue weighted by molar-refractivity contribution is 7.89. The van der Waals surface area contributed by atoms with Gasteiger partial charge in [-0.15, -0.1) is 0 Å². The number of unbranched alkanes of at least 4 members (excludes halogenated alkanes) is 1. The Balaban J connectivity index is 2.37. The van der Waals surface area contributed by atoms with E-state index < -0.39 is 10.0 Å². The normalized spacial score (nSPS) is 16.0. The first-order chi connectivity index (χ1) is 13.0. The van der Waals surface area contributed by atoms with Crippen molar-refractivity contribution < 1.29 is 17.9 Å². The van der Waals surface area contributed by atoms with Crippen LogP contribution in [0.25, 0.3) is 0 Å². The first-order valence-electron chi connectivity index (χ1n) is 9.93. The zero-order valence-corrected chi connectivity index (χ0v) is 17.6. The van der Waals surface area contributed by atoms with E-state index in [0.717, 1.165) is 38.5 Å². The van der Waals surface area contributed by atoms with Crippen molar-refractivity contribution in [2.45, 2.75) is 57.3 Å². The largest absolute Gasteiger partial charge is 0.496 e. The van der Waals surface area contributed by atoms with Gasteiger partial charge in [-0.3, -0.25) is 4.79 Å². The molecule has 0 aliphatic carbocycles. The van der Waals surface area contributed by atoms with Gasteiger partial charge in [0.1, 0.15) is 5.75 Å². The maximum Gasteiger partial charge on any atom is 0.257 e. The molecule has 0 radical (unpaired) electrons. The average molecular weight is 397 g/mol. The Morgan fingerprint density at radius 2 is 1.81 bits per heavy atom. The van der Waals surface area contributed by atoms with E-state index in [1.54, 1.807) is 15.3 Å². The number of carbonyl (C=O) groups is 1. The number of hydrogen-bond acceptors (Lipinski definition) is 4. The zero-order valence-electron chi connectivity index (χ0n) is 16.7. The summed E-state index contributed by atoms with van der Waals surface area (Å²) in [7, 11) is -2.11. The highest BCUT2D eigenvalue weighted by Gasteiger charge is 2.28. The smallest absolute Gasteiger partial charge is 0.257 e. The molecule has 0 bridgehead atoms. The molecule has 1 aliphatic rings. The van der Waals surface area contributed by atoms with Gasteiger partial charge < -0.3 is 9.64 Å². The van der Waals surface area contributed by atoms with Crippen LogP contribution in [0.1, 0.15) is 62.7 Å². The highest BCUT2D eigenvalue weighted by Crippen LogP contribution is 2.27. The molecular weight excluding hydrogens is 364 g/mol. The fraction of sp³-hybridized carbons (Fsp3) is 0.650. The Labute approximate surface area is 163 Å². The van der Waals surface area contributed by atoms with Crippen LogP contribution in [0.5, 0.6) is 5.75 Å². The standard InChI is InChI=1S/C20H32N2O4S/c1-4-6-13-21(5-2)20(23)18-16-17(11-12-19(18)26-3)27(24,25)22-14-9-7-8-10-15-22/h11-12,16H,4-10,13-15H2,1-3H3. The summed E-state index contributed by atoms with van der Waals surface area (Å²) in [5, 5.41) is 0. The van der Waals surface area contributed by atoms with Crippen LogP contribution in [0, 0.1) is 0 Å². The van der Waals surface area contributed by atoms with Crippen LogP contribution >= 0.6 is 0 Å². The summed E-state index contributed by atoms with van der Waals surface area (Å²) in [6, 6.07) is 4.61. The number of rotatable bonds is 8. The van der Waals surface area contributed by atoms with E-state index in [4.69, 9.17) is 4.74 Å². The predicted octanol–water partition coefficient (Wildman–Crippen LogP) is 3.52. The molecule has 27 heavy (non-hydrogen) atoms. The third-order valence-corrected chi connectivity index (χ3v) is 6.95. The lowest BCUT2D eigenvalue weighted by Crippen LogP contribution is -2.33. The van der Waals surface area contributed by atoms with Gasteiger partial charge >= 0.3 is 0 Å². The molecule has 1 fully saturated rings. The van der Waals surface area contributed by atoms with Gasteiger partial charge in [0.05, 0.1) is 17.6 Å². The van der Waals surface area contributed by atoms with E-state index in [1.165, 1.54) is 19.2 Å². The van der Waals surface area contributed by atoms with Gasteiger partial charge in [0.15, 0.2) is 0 Å². The van der Waals surface area contributed by atoms with Crippen molar-refractivity contribution in [3.63, 3.8) is 0 Å². The van der Waals surface area contributed by atoms with Crippen LogP contribution in [0.3, 0.4) is 0 Å². The van der Waals surface area contributed by atoms with E-state index in [1.807, 2.05) is 6.92 Å². The van der Waals surface area contributed by atoms with Gasteiger partial charge in [0, 0.05) is 26.2 Å². The fourth-order valence-electron chi connectivity index (χ4n) is 3.37. The summed E-state index contributed by atoms with van der Waals surface area (Å²) >= 11 is 0. The Hall–Kier alpha value is -1.60. The first-order valence-corrected chi connectivity index (χ1v) is 11.4. The maximum absolute atomic E-state index is 13.1. The summed E-state index contributed by atoms with van der Waals surface area (Å²) in [4.78, 5) is 14.9. The second-order valence-electron chi connectivity index (χ2n) is 6.92. The molecule has 152 valence electrons. The molecule has 1 aliphatic heterocycles. The monoisotopic (exact) mass is 396 g/mol. The summed E-state index contributed by atoms with van der Waals surface area (Å²) in [5.74, 6) is 0.223. The van der Waals surface area contributed by atoms with Gasteiger partial charge in [0.2, 0.25) is 10.0 Å². The lowest BCUT2D eigenvalue weighted by atomic mass is 10.1. The minimum Gasteiger partial charge on any atom is -0.496 e. The summed E-state index contributed by atoms with van der Waals surface area (Å²) in [5.41, 5.74) is 0.311. The lowest BCUT2D eigenvalue weighted by molar-refractivity contribution is 0.0758. The molecule has 2 rings (SSSR count). The van der Waals surface area contributed by atoms with Crippen LogP contribution < -0.4 is 4.74 Å². The van der Waals surface area contributed by atoms with E-state index in [2.05, 4.69) is 6.92 Å². The molecule has 1 saturated heterocycles. The summed E-state index contributed by atoms with van der Waals surface area (Å²) in [6.07, 6.45) is 5.77. The third kappa shape index (κ3) is 5.23. The number of ether oxygens (including phenoxy) is 1. The summed E-state index contributed by atoms with van der Waals surface area (Å²) in [6.45, 7) is 6.30. The van der Waals surface area contributed by atoms with Gasteiger partial charge in [0.25, 0.3) is 5.91 Å². The molecule has 0 unspecified atom stereocenters. The van der Waals surface area contributed by atoms with Crippen molar-refractivity contribution in [3.05, 3.63) is 23.8 Å². The number of nitrogens with zero attached hydrogens (tertiary/aromatic N) is 2. The van der Waals surface area contributed by atoms with Crippen LogP contribution in [-0.2, 0) is 10.0 Å². The third-order valence-electron chi connectivity index (χ3n) is 5.05. The van der Waals surface area contributed by atoms with Crippen LogP contribution in [-0.4, -0.2) is 56.8 Å². The SMILES string of the molecule is CCCCN(CC)C(=O)c1cc(S(=O)(=O)N2CCCCCC2)ccc1OC. The number of amides is 1.